The van der Waals surface area contributed by atoms with Gasteiger partial charge in [-0.05, 0) is 32.0 Å². The van der Waals surface area contributed by atoms with Crippen LogP contribution in [-0.2, 0) is 0 Å². The van der Waals surface area contributed by atoms with E-state index in [0.29, 0.717) is 5.69 Å². The van der Waals surface area contributed by atoms with Crippen molar-refractivity contribution in [2.24, 2.45) is 0 Å². The van der Waals surface area contributed by atoms with Gasteiger partial charge in [-0.25, -0.2) is 0 Å². The average molecular weight is 203 g/mol. The molecule has 3 heteroatoms. The predicted octanol–water partition coefficient (Wildman–Crippen LogP) is 2.77. The molecule has 0 atom stereocenters. The Morgan fingerprint density at radius 2 is 2.20 bits per heavy atom. The molecule has 0 saturated carbocycles. The highest BCUT2D eigenvalue weighted by molar-refractivity contribution is 5.91. The summed E-state index contributed by atoms with van der Waals surface area (Å²) in [6.07, 6.45) is 0.935. The quantitative estimate of drug-likeness (QED) is 0.779. The summed E-state index contributed by atoms with van der Waals surface area (Å²) in [7, 11) is 0. The predicted molar refractivity (Wildman–Crippen MR) is 59.5 cm³/mol. The van der Waals surface area contributed by atoms with Crippen molar-refractivity contribution in [3.63, 3.8) is 0 Å². The van der Waals surface area contributed by atoms with Gasteiger partial charge < -0.3 is 9.72 Å². The van der Waals surface area contributed by atoms with Gasteiger partial charge in [0.2, 0.25) is 0 Å². The third kappa shape index (κ3) is 1.86. The Kier molecular flexibility index (Phi) is 2.46. The van der Waals surface area contributed by atoms with Crippen molar-refractivity contribution >= 4 is 17.2 Å². The first-order chi connectivity index (χ1) is 7.20. The van der Waals surface area contributed by atoms with Crippen LogP contribution < -0.4 is 4.74 Å². The molecule has 1 aromatic heterocycles. The van der Waals surface area contributed by atoms with Gasteiger partial charge in [-0.1, -0.05) is 6.07 Å². The average Bonchev–Trinajstić information content (AvgIpc) is 2.61. The molecule has 0 saturated heterocycles. The molecule has 1 aromatic carbocycles. The van der Waals surface area contributed by atoms with E-state index in [2.05, 4.69) is 4.98 Å². The zero-order valence-electron chi connectivity index (χ0n) is 8.78. The highest BCUT2D eigenvalue weighted by atomic mass is 16.5. The fourth-order valence-corrected chi connectivity index (χ4v) is 1.57. The van der Waals surface area contributed by atoms with Gasteiger partial charge in [0.15, 0.2) is 6.29 Å². The summed E-state index contributed by atoms with van der Waals surface area (Å²) >= 11 is 0. The number of carbonyl (C=O) groups is 1. The lowest BCUT2D eigenvalue weighted by Crippen LogP contribution is -2.05. The van der Waals surface area contributed by atoms with E-state index in [-0.39, 0.29) is 6.10 Å². The van der Waals surface area contributed by atoms with Gasteiger partial charge in [0, 0.05) is 10.9 Å². The summed E-state index contributed by atoms with van der Waals surface area (Å²) in [5.41, 5.74) is 1.50. The maximum atomic E-state index is 10.6. The number of H-pyrrole nitrogens is 1. The molecule has 0 fully saturated rings. The van der Waals surface area contributed by atoms with Crippen LogP contribution in [0.1, 0.15) is 24.3 Å². The number of nitrogens with one attached hydrogen (secondary N) is 1. The number of ether oxygens (including phenoxy) is 1. The number of fused-ring (bicyclic) bond motifs is 1. The molecule has 0 aliphatic carbocycles. The number of aromatic amines is 1. The molecular formula is C12H13NO2. The van der Waals surface area contributed by atoms with Crippen LogP contribution in [0.25, 0.3) is 10.9 Å². The first-order valence-electron chi connectivity index (χ1n) is 4.94. The van der Waals surface area contributed by atoms with Gasteiger partial charge >= 0.3 is 0 Å². The highest BCUT2D eigenvalue weighted by Crippen LogP contribution is 2.26. The Morgan fingerprint density at radius 3 is 2.87 bits per heavy atom. The van der Waals surface area contributed by atoms with Gasteiger partial charge in [0.05, 0.1) is 11.8 Å². The Balaban J connectivity index is 2.54. The van der Waals surface area contributed by atoms with Gasteiger partial charge in [-0.2, -0.15) is 0 Å². The van der Waals surface area contributed by atoms with E-state index in [1.807, 2.05) is 32.0 Å². The van der Waals surface area contributed by atoms with Crippen LogP contribution in [-0.4, -0.2) is 17.4 Å². The molecule has 1 heterocycles. The molecule has 1 N–H and O–H groups in total. The maximum absolute atomic E-state index is 10.6. The molecular weight excluding hydrogens is 190 g/mol. The van der Waals surface area contributed by atoms with Gasteiger partial charge in [0.1, 0.15) is 5.75 Å². The van der Waals surface area contributed by atoms with E-state index in [1.165, 1.54) is 0 Å². The smallest absolute Gasteiger partial charge is 0.166 e. The van der Waals surface area contributed by atoms with Gasteiger partial charge in [-0.15, -0.1) is 0 Å². The summed E-state index contributed by atoms with van der Waals surface area (Å²) < 4.78 is 5.65. The van der Waals surface area contributed by atoms with Crippen molar-refractivity contribution in [1.29, 1.82) is 0 Å². The Hall–Kier alpha value is -1.77. The summed E-state index contributed by atoms with van der Waals surface area (Å²) in [6, 6.07) is 7.55. The second-order valence-electron chi connectivity index (χ2n) is 3.73. The largest absolute Gasteiger partial charge is 0.490 e. The molecule has 0 radical (unpaired) electrons. The molecule has 2 aromatic rings. The Morgan fingerprint density at radius 1 is 1.40 bits per heavy atom. The zero-order chi connectivity index (χ0) is 10.8. The van der Waals surface area contributed by atoms with Crippen molar-refractivity contribution < 1.29 is 9.53 Å². The van der Waals surface area contributed by atoms with E-state index in [9.17, 15) is 4.79 Å². The van der Waals surface area contributed by atoms with E-state index >= 15 is 0 Å². The molecule has 0 bridgehead atoms. The normalized spacial score (nSPS) is 10.9. The topological polar surface area (TPSA) is 42.1 Å². The van der Waals surface area contributed by atoms with Crippen LogP contribution in [0.3, 0.4) is 0 Å². The standard InChI is InChI=1S/C12H13NO2/c1-8(2)15-12-5-3-4-11-10(12)6-9(7-14)13-11/h3-8,13H,1-2H3. The van der Waals surface area contributed by atoms with Crippen molar-refractivity contribution in [3.8, 4) is 5.75 Å². The fourth-order valence-electron chi connectivity index (χ4n) is 1.57. The number of aldehydes is 1. The Labute approximate surface area is 88.1 Å². The number of carbonyl (C=O) groups excluding carboxylic acids is 1. The SMILES string of the molecule is CC(C)Oc1cccc2[nH]c(C=O)cc12. The van der Waals surface area contributed by atoms with Crippen LogP contribution in [0.4, 0.5) is 0 Å². The van der Waals surface area contributed by atoms with Crippen LogP contribution in [0.2, 0.25) is 0 Å². The summed E-state index contributed by atoms with van der Waals surface area (Å²) in [5, 5.41) is 0.952. The molecule has 78 valence electrons. The lowest BCUT2D eigenvalue weighted by molar-refractivity contribution is 0.112. The molecule has 15 heavy (non-hydrogen) atoms. The lowest BCUT2D eigenvalue weighted by atomic mass is 10.2. The highest BCUT2D eigenvalue weighted by Gasteiger charge is 2.06. The first-order valence-corrected chi connectivity index (χ1v) is 4.94. The second-order valence-corrected chi connectivity index (χ2v) is 3.73. The first kappa shape index (κ1) is 9.77. The van der Waals surface area contributed by atoms with E-state index in [0.717, 1.165) is 22.9 Å². The molecule has 0 aliphatic rings. The van der Waals surface area contributed by atoms with Crippen LogP contribution in [0, 0.1) is 0 Å². The van der Waals surface area contributed by atoms with Crippen molar-refractivity contribution in [2.75, 3.05) is 0 Å². The van der Waals surface area contributed by atoms with Gasteiger partial charge in [0.25, 0.3) is 0 Å². The van der Waals surface area contributed by atoms with Crippen molar-refractivity contribution in [3.05, 3.63) is 30.0 Å². The van der Waals surface area contributed by atoms with Gasteiger partial charge in [-0.3, -0.25) is 4.79 Å². The molecule has 0 amide bonds. The van der Waals surface area contributed by atoms with Crippen LogP contribution >= 0.6 is 0 Å². The summed E-state index contributed by atoms with van der Waals surface area (Å²) in [4.78, 5) is 13.6. The van der Waals surface area contributed by atoms with E-state index < -0.39 is 0 Å². The monoisotopic (exact) mass is 203 g/mol. The minimum Gasteiger partial charge on any atom is -0.490 e. The minimum absolute atomic E-state index is 0.130. The fraction of sp³-hybridized carbons (Fsp3) is 0.250. The number of hydrogen-bond donors (Lipinski definition) is 1. The molecule has 0 aliphatic heterocycles. The molecule has 2 rings (SSSR count). The Bertz CT molecular complexity index is 485. The molecule has 0 unspecified atom stereocenters. The number of aromatic nitrogens is 1. The van der Waals surface area contributed by atoms with E-state index in [1.54, 1.807) is 6.07 Å². The maximum Gasteiger partial charge on any atom is 0.166 e. The molecule has 0 spiro atoms. The summed E-state index contributed by atoms with van der Waals surface area (Å²) in [5.74, 6) is 0.812. The van der Waals surface area contributed by atoms with Crippen molar-refractivity contribution in [1.82, 2.24) is 4.98 Å². The third-order valence-electron chi connectivity index (χ3n) is 2.13. The second kappa shape index (κ2) is 3.77. The number of rotatable bonds is 3. The number of hydrogen-bond acceptors (Lipinski definition) is 2. The van der Waals surface area contributed by atoms with Crippen molar-refractivity contribution in [2.45, 2.75) is 20.0 Å². The third-order valence-corrected chi connectivity index (χ3v) is 2.13. The molecule has 3 nitrogen and oxygen atoms in total. The van der Waals surface area contributed by atoms with Crippen LogP contribution in [0.15, 0.2) is 24.3 Å². The summed E-state index contributed by atoms with van der Waals surface area (Å²) in [6.45, 7) is 3.96. The lowest BCUT2D eigenvalue weighted by Gasteiger charge is -2.10. The van der Waals surface area contributed by atoms with E-state index in [4.69, 9.17) is 4.74 Å². The number of benzene rings is 1. The zero-order valence-corrected chi connectivity index (χ0v) is 8.78. The van der Waals surface area contributed by atoms with Crippen LogP contribution in [0.5, 0.6) is 5.75 Å². The minimum atomic E-state index is 0.130.